The fourth-order valence-corrected chi connectivity index (χ4v) is 1.77. The summed E-state index contributed by atoms with van der Waals surface area (Å²) in [5.74, 6) is 0.940. The molecule has 0 radical (unpaired) electrons. The first-order valence-electron chi connectivity index (χ1n) is 5.39. The van der Waals surface area contributed by atoms with Gasteiger partial charge in [-0.1, -0.05) is 30.3 Å². The molecule has 3 rings (SSSR count). The fourth-order valence-electron chi connectivity index (χ4n) is 1.77. The molecule has 84 valence electrons. The number of hydrogen-bond donors (Lipinski definition) is 1. The minimum absolute atomic E-state index is 0.189. The van der Waals surface area contributed by atoms with Crippen LogP contribution in [0.3, 0.4) is 0 Å². The van der Waals surface area contributed by atoms with E-state index in [1.54, 1.807) is 22.8 Å². The molecule has 0 bridgehead atoms. The van der Waals surface area contributed by atoms with Gasteiger partial charge in [-0.15, -0.1) is 0 Å². The molecule has 0 saturated heterocycles. The summed E-state index contributed by atoms with van der Waals surface area (Å²) < 4.78 is 1.59. The molecule has 0 spiro atoms. The van der Waals surface area contributed by atoms with Gasteiger partial charge < -0.3 is 5.11 Å². The van der Waals surface area contributed by atoms with Gasteiger partial charge in [0, 0.05) is 6.42 Å². The fraction of sp³-hybridized carbons (Fsp3) is 0.0769. The van der Waals surface area contributed by atoms with Crippen LogP contribution in [-0.4, -0.2) is 19.7 Å². The Bertz CT molecular complexity index is 646. The number of benzene rings is 1. The summed E-state index contributed by atoms with van der Waals surface area (Å²) in [7, 11) is 0. The average molecular weight is 225 g/mol. The maximum absolute atomic E-state index is 9.34. The van der Waals surface area contributed by atoms with Gasteiger partial charge in [-0.05, 0) is 17.7 Å². The van der Waals surface area contributed by atoms with Gasteiger partial charge in [0.15, 0.2) is 11.5 Å². The first-order chi connectivity index (χ1) is 8.31. The van der Waals surface area contributed by atoms with Gasteiger partial charge in [-0.3, -0.25) is 0 Å². The molecule has 2 aromatic heterocycles. The highest BCUT2D eigenvalue weighted by Gasteiger charge is 2.04. The molecule has 4 heteroatoms. The van der Waals surface area contributed by atoms with Gasteiger partial charge in [0.25, 0.3) is 0 Å². The lowest BCUT2D eigenvalue weighted by Gasteiger charge is -1.94. The third kappa shape index (κ3) is 1.97. The molecule has 0 amide bonds. The third-order valence-corrected chi connectivity index (χ3v) is 2.56. The monoisotopic (exact) mass is 225 g/mol. The Kier molecular flexibility index (Phi) is 2.26. The summed E-state index contributed by atoms with van der Waals surface area (Å²) >= 11 is 0. The number of fused-ring (bicyclic) bond motifs is 1. The highest BCUT2D eigenvalue weighted by molar-refractivity contribution is 5.40. The lowest BCUT2D eigenvalue weighted by atomic mass is 10.1. The summed E-state index contributed by atoms with van der Waals surface area (Å²) in [6.45, 7) is 0. The highest BCUT2D eigenvalue weighted by atomic mass is 16.3. The average Bonchev–Trinajstić information content (AvgIpc) is 2.71. The van der Waals surface area contributed by atoms with Crippen LogP contribution in [0.1, 0.15) is 11.4 Å². The van der Waals surface area contributed by atoms with E-state index in [1.807, 2.05) is 30.3 Å². The van der Waals surface area contributed by atoms with Crippen LogP contribution in [-0.2, 0) is 6.42 Å². The second-order valence-corrected chi connectivity index (χ2v) is 3.88. The Morgan fingerprint density at radius 2 is 1.88 bits per heavy atom. The number of hydrogen-bond acceptors (Lipinski definition) is 3. The van der Waals surface area contributed by atoms with Crippen molar-refractivity contribution in [2.24, 2.45) is 0 Å². The number of aromatic nitrogens is 3. The van der Waals surface area contributed by atoms with E-state index < -0.39 is 0 Å². The summed E-state index contributed by atoms with van der Waals surface area (Å²) in [5, 5.41) is 13.7. The molecule has 3 aromatic rings. The Morgan fingerprint density at radius 3 is 2.71 bits per heavy atom. The lowest BCUT2D eigenvalue weighted by Crippen LogP contribution is -1.91. The van der Waals surface area contributed by atoms with Crippen LogP contribution < -0.4 is 0 Å². The smallest absolute Gasteiger partial charge is 0.156 e. The zero-order chi connectivity index (χ0) is 11.7. The molecule has 0 aliphatic rings. The Balaban J connectivity index is 1.96. The molecular weight excluding hydrogens is 214 g/mol. The Labute approximate surface area is 98.2 Å². The quantitative estimate of drug-likeness (QED) is 0.726. The molecule has 0 atom stereocenters. The summed E-state index contributed by atoms with van der Waals surface area (Å²) in [4.78, 5) is 4.39. The number of pyridine rings is 1. The van der Waals surface area contributed by atoms with Gasteiger partial charge in [-0.25, -0.2) is 9.50 Å². The standard InChI is InChI=1S/C13H11N3O/c17-11-6-7-13-14-12(15-16(13)9-11)8-10-4-2-1-3-5-10/h1-7,9,17H,8H2. The maximum Gasteiger partial charge on any atom is 0.156 e. The number of aromatic hydroxyl groups is 1. The van der Waals surface area contributed by atoms with E-state index in [2.05, 4.69) is 10.1 Å². The van der Waals surface area contributed by atoms with E-state index in [9.17, 15) is 5.11 Å². The van der Waals surface area contributed by atoms with Gasteiger partial charge in [0.2, 0.25) is 0 Å². The van der Waals surface area contributed by atoms with Gasteiger partial charge in [0.05, 0.1) is 6.20 Å². The molecule has 0 saturated carbocycles. The number of rotatable bonds is 2. The van der Waals surface area contributed by atoms with Crippen molar-refractivity contribution in [1.82, 2.24) is 14.6 Å². The van der Waals surface area contributed by atoms with Crippen LogP contribution in [0.4, 0.5) is 0 Å². The Morgan fingerprint density at radius 1 is 1.06 bits per heavy atom. The van der Waals surface area contributed by atoms with E-state index >= 15 is 0 Å². The zero-order valence-electron chi connectivity index (χ0n) is 9.11. The van der Waals surface area contributed by atoms with Crippen molar-refractivity contribution in [2.45, 2.75) is 6.42 Å². The van der Waals surface area contributed by atoms with E-state index in [-0.39, 0.29) is 5.75 Å². The van der Waals surface area contributed by atoms with Crippen molar-refractivity contribution >= 4 is 5.65 Å². The van der Waals surface area contributed by atoms with Crippen LogP contribution in [0, 0.1) is 0 Å². The summed E-state index contributed by atoms with van der Waals surface area (Å²) in [6.07, 6.45) is 2.25. The SMILES string of the molecule is Oc1ccc2nc(Cc3ccccc3)nn2c1. The minimum atomic E-state index is 0.189. The predicted octanol–water partition coefficient (Wildman–Crippen LogP) is 2.03. The van der Waals surface area contributed by atoms with Crippen LogP contribution in [0.2, 0.25) is 0 Å². The minimum Gasteiger partial charge on any atom is -0.506 e. The molecular formula is C13H11N3O. The van der Waals surface area contributed by atoms with Gasteiger partial charge in [0.1, 0.15) is 5.75 Å². The van der Waals surface area contributed by atoms with E-state index in [1.165, 1.54) is 5.56 Å². The van der Waals surface area contributed by atoms with Crippen LogP contribution in [0.15, 0.2) is 48.7 Å². The largest absolute Gasteiger partial charge is 0.506 e. The van der Waals surface area contributed by atoms with Gasteiger partial charge >= 0.3 is 0 Å². The van der Waals surface area contributed by atoms with Crippen molar-refractivity contribution in [3.8, 4) is 5.75 Å². The van der Waals surface area contributed by atoms with Crippen molar-refractivity contribution in [2.75, 3.05) is 0 Å². The van der Waals surface area contributed by atoms with Crippen molar-refractivity contribution < 1.29 is 5.11 Å². The lowest BCUT2D eigenvalue weighted by molar-refractivity contribution is 0.470. The molecule has 1 aromatic carbocycles. The van der Waals surface area contributed by atoms with Crippen molar-refractivity contribution in [1.29, 1.82) is 0 Å². The van der Waals surface area contributed by atoms with Crippen LogP contribution in [0.25, 0.3) is 5.65 Å². The van der Waals surface area contributed by atoms with E-state index in [4.69, 9.17) is 0 Å². The molecule has 0 aliphatic carbocycles. The topological polar surface area (TPSA) is 50.4 Å². The zero-order valence-corrected chi connectivity index (χ0v) is 9.11. The highest BCUT2D eigenvalue weighted by Crippen LogP contribution is 2.11. The Hall–Kier alpha value is -2.36. The second kappa shape index (κ2) is 3.90. The van der Waals surface area contributed by atoms with Crippen molar-refractivity contribution in [3.63, 3.8) is 0 Å². The van der Waals surface area contributed by atoms with E-state index in [0.29, 0.717) is 6.42 Å². The number of nitrogens with zero attached hydrogens (tertiary/aromatic N) is 3. The molecule has 0 aliphatic heterocycles. The van der Waals surface area contributed by atoms with Gasteiger partial charge in [-0.2, -0.15) is 5.10 Å². The normalized spacial score (nSPS) is 10.8. The molecule has 0 fully saturated rings. The summed E-state index contributed by atoms with van der Waals surface area (Å²) in [5.41, 5.74) is 1.92. The van der Waals surface area contributed by atoms with Crippen LogP contribution >= 0.6 is 0 Å². The van der Waals surface area contributed by atoms with E-state index in [0.717, 1.165) is 11.5 Å². The predicted molar refractivity (Wildman–Crippen MR) is 63.9 cm³/mol. The first kappa shape index (κ1) is 9.84. The molecule has 4 nitrogen and oxygen atoms in total. The molecule has 17 heavy (non-hydrogen) atoms. The second-order valence-electron chi connectivity index (χ2n) is 3.88. The van der Waals surface area contributed by atoms with Crippen LogP contribution in [0.5, 0.6) is 5.75 Å². The third-order valence-electron chi connectivity index (χ3n) is 2.56. The maximum atomic E-state index is 9.34. The van der Waals surface area contributed by atoms with Crippen molar-refractivity contribution in [3.05, 3.63) is 60.0 Å². The summed E-state index contributed by atoms with van der Waals surface area (Å²) in [6, 6.07) is 13.4. The molecule has 1 N–H and O–H groups in total. The molecule has 2 heterocycles. The first-order valence-corrected chi connectivity index (χ1v) is 5.39. The molecule has 0 unspecified atom stereocenters.